The first-order chi connectivity index (χ1) is 9.06. The van der Waals surface area contributed by atoms with Crippen LogP contribution in [0, 0.1) is 5.82 Å². The fourth-order valence-corrected chi connectivity index (χ4v) is 1.59. The van der Waals surface area contributed by atoms with Crippen molar-refractivity contribution in [3.8, 4) is 5.75 Å². The first-order valence-corrected chi connectivity index (χ1v) is 6.13. The third-order valence-corrected chi connectivity index (χ3v) is 2.53. The summed E-state index contributed by atoms with van der Waals surface area (Å²) in [7, 11) is 1.43. The van der Waals surface area contributed by atoms with Gasteiger partial charge in [0.05, 0.1) is 18.9 Å². The van der Waals surface area contributed by atoms with Crippen molar-refractivity contribution in [1.82, 2.24) is 5.32 Å². The van der Waals surface area contributed by atoms with E-state index in [1.54, 1.807) is 0 Å². The number of aliphatic hydroxyl groups excluding tert-OH is 1. The zero-order valence-corrected chi connectivity index (χ0v) is 11.1. The van der Waals surface area contributed by atoms with Crippen molar-refractivity contribution < 1.29 is 19.0 Å². The Balaban J connectivity index is 2.54. The van der Waals surface area contributed by atoms with E-state index < -0.39 is 18.0 Å². The maximum Gasteiger partial charge on any atom is 0.319 e. The minimum atomic E-state index is -0.579. The Morgan fingerprint density at radius 2 is 2.26 bits per heavy atom. The zero-order valence-electron chi connectivity index (χ0n) is 11.1. The highest BCUT2D eigenvalue weighted by Crippen LogP contribution is 2.24. The number of nitrogens with one attached hydrogen (secondary N) is 2. The summed E-state index contributed by atoms with van der Waals surface area (Å²) in [5, 5.41) is 14.5. The molecule has 1 unspecified atom stereocenters. The zero-order chi connectivity index (χ0) is 14.3. The predicted molar refractivity (Wildman–Crippen MR) is 70.9 cm³/mol. The van der Waals surface area contributed by atoms with Gasteiger partial charge < -0.3 is 20.5 Å². The molecule has 0 radical (unpaired) electrons. The number of aliphatic hydroxyl groups is 1. The number of hydrogen-bond donors (Lipinski definition) is 3. The van der Waals surface area contributed by atoms with Gasteiger partial charge in [-0.1, -0.05) is 13.3 Å². The molecule has 1 aromatic carbocycles. The van der Waals surface area contributed by atoms with Crippen molar-refractivity contribution in [2.75, 3.05) is 19.0 Å². The number of hydrogen-bond acceptors (Lipinski definition) is 3. The molecule has 0 bridgehead atoms. The standard InChI is InChI=1S/C13H19FN2O3/c1-3-4-10(17)8-15-13(18)16-11-7-9(14)5-6-12(11)19-2/h5-7,10,17H,3-4,8H2,1-2H3,(H2,15,16,18). The normalized spacial score (nSPS) is 11.8. The number of anilines is 1. The van der Waals surface area contributed by atoms with Crippen LogP contribution in [0.3, 0.4) is 0 Å². The van der Waals surface area contributed by atoms with Crippen molar-refractivity contribution in [2.45, 2.75) is 25.9 Å². The Labute approximate surface area is 111 Å². The van der Waals surface area contributed by atoms with Gasteiger partial charge in [-0.3, -0.25) is 0 Å². The van der Waals surface area contributed by atoms with E-state index in [4.69, 9.17) is 4.74 Å². The fraction of sp³-hybridized carbons (Fsp3) is 0.462. The van der Waals surface area contributed by atoms with Crippen molar-refractivity contribution >= 4 is 11.7 Å². The lowest BCUT2D eigenvalue weighted by molar-refractivity contribution is 0.162. The van der Waals surface area contributed by atoms with Gasteiger partial charge in [0.1, 0.15) is 11.6 Å². The first kappa shape index (κ1) is 15.2. The second-order valence-electron chi connectivity index (χ2n) is 4.12. The number of benzene rings is 1. The summed E-state index contributed by atoms with van der Waals surface area (Å²) in [6, 6.07) is 3.32. The molecule has 0 aliphatic heterocycles. The largest absolute Gasteiger partial charge is 0.495 e. The average Bonchev–Trinajstić information content (AvgIpc) is 2.37. The van der Waals surface area contributed by atoms with Gasteiger partial charge in [0.25, 0.3) is 0 Å². The predicted octanol–water partition coefficient (Wildman–Crippen LogP) is 2.12. The average molecular weight is 270 g/mol. The summed E-state index contributed by atoms with van der Waals surface area (Å²) in [6.45, 7) is 2.10. The van der Waals surface area contributed by atoms with E-state index in [-0.39, 0.29) is 12.2 Å². The van der Waals surface area contributed by atoms with Gasteiger partial charge in [0.2, 0.25) is 0 Å². The molecule has 0 saturated carbocycles. The molecular formula is C13H19FN2O3. The Kier molecular flexibility index (Phi) is 6.08. The molecule has 0 fully saturated rings. The van der Waals surface area contributed by atoms with Gasteiger partial charge in [0.15, 0.2) is 0 Å². The SMILES string of the molecule is CCCC(O)CNC(=O)Nc1cc(F)ccc1OC. The van der Waals surface area contributed by atoms with Crippen molar-refractivity contribution in [1.29, 1.82) is 0 Å². The molecular weight excluding hydrogens is 251 g/mol. The quantitative estimate of drug-likeness (QED) is 0.741. The maximum atomic E-state index is 13.1. The molecule has 0 aliphatic carbocycles. The van der Waals surface area contributed by atoms with Crippen LogP contribution in [0.25, 0.3) is 0 Å². The molecule has 0 aromatic heterocycles. The second-order valence-corrected chi connectivity index (χ2v) is 4.12. The number of ether oxygens (including phenoxy) is 1. The van der Waals surface area contributed by atoms with Crippen LogP contribution in [-0.2, 0) is 0 Å². The summed E-state index contributed by atoms with van der Waals surface area (Å²) in [5.74, 6) is -0.104. The minimum absolute atomic E-state index is 0.150. The number of carbonyl (C=O) groups excluding carboxylic acids is 1. The van der Waals surface area contributed by atoms with Crippen LogP contribution in [0.15, 0.2) is 18.2 Å². The number of methoxy groups -OCH3 is 1. The molecule has 1 atom stereocenters. The lowest BCUT2D eigenvalue weighted by atomic mass is 10.2. The molecule has 106 valence electrons. The summed E-state index contributed by atoms with van der Waals surface area (Å²) in [5.41, 5.74) is 0.241. The molecule has 0 spiro atoms. The third-order valence-electron chi connectivity index (χ3n) is 2.53. The van der Waals surface area contributed by atoms with Gasteiger partial charge in [-0.05, 0) is 18.6 Å². The molecule has 2 amide bonds. The Morgan fingerprint density at radius 1 is 1.53 bits per heavy atom. The molecule has 19 heavy (non-hydrogen) atoms. The number of carbonyl (C=O) groups is 1. The van der Waals surface area contributed by atoms with Crippen LogP contribution in [0.1, 0.15) is 19.8 Å². The number of urea groups is 1. The van der Waals surface area contributed by atoms with Crippen molar-refractivity contribution in [3.05, 3.63) is 24.0 Å². The highest BCUT2D eigenvalue weighted by molar-refractivity contribution is 5.90. The van der Waals surface area contributed by atoms with Crippen molar-refractivity contribution in [2.24, 2.45) is 0 Å². The highest BCUT2D eigenvalue weighted by atomic mass is 19.1. The van der Waals surface area contributed by atoms with Gasteiger partial charge in [-0.15, -0.1) is 0 Å². The van der Waals surface area contributed by atoms with Gasteiger partial charge >= 0.3 is 6.03 Å². The maximum absolute atomic E-state index is 13.1. The van der Waals surface area contributed by atoms with E-state index in [1.165, 1.54) is 25.3 Å². The second kappa shape index (κ2) is 7.58. The van der Waals surface area contributed by atoms with Gasteiger partial charge in [-0.25, -0.2) is 9.18 Å². The topological polar surface area (TPSA) is 70.6 Å². The van der Waals surface area contributed by atoms with E-state index in [2.05, 4.69) is 10.6 Å². The third kappa shape index (κ3) is 5.13. The summed E-state index contributed by atoms with van der Waals surface area (Å²) in [6.07, 6.45) is 0.872. The van der Waals surface area contributed by atoms with Gasteiger partial charge in [-0.2, -0.15) is 0 Å². The van der Waals surface area contributed by atoms with Crippen LogP contribution in [0.2, 0.25) is 0 Å². The lowest BCUT2D eigenvalue weighted by Crippen LogP contribution is -2.35. The summed E-state index contributed by atoms with van der Waals surface area (Å²) < 4.78 is 18.1. The van der Waals surface area contributed by atoms with E-state index in [9.17, 15) is 14.3 Å². The Morgan fingerprint density at radius 3 is 2.89 bits per heavy atom. The van der Waals surface area contributed by atoms with Crippen LogP contribution in [0.5, 0.6) is 5.75 Å². The van der Waals surface area contributed by atoms with E-state index in [0.717, 1.165) is 6.42 Å². The smallest absolute Gasteiger partial charge is 0.319 e. The molecule has 0 aliphatic rings. The Hall–Kier alpha value is -1.82. The monoisotopic (exact) mass is 270 g/mol. The van der Waals surface area contributed by atoms with Crippen LogP contribution in [0.4, 0.5) is 14.9 Å². The number of rotatable bonds is 6. The lowest BCUT2D eigenvalue weighted by Gasteiger charge is -2.13. The van der Waals surface area contributed by atoms with Gasteiger partial charge in [0, 0.05) is 12.6 Å². The number of halogens is 1. The van der Waals surface area contributed by atoms with Crippen LogP contribution < -0.4 is 15.4 Å². The van der Waals surface area contributed by atoms with E-state index in [0.29, 0.717) is 12.2 Å². The molecule has 6 heteroatoms. The highest BCUT2D eigenvalue weighted by Gasteiger charge is 2.10. The molecule has 5 nitrogen and oxygen atoms in total. The first-order valence-electron chi connectivity index (χ1n) is 6.13. The fourth-order valence-electron chi connectivity index (χ4n) is 1.59. The van der Waals surface area contributed by atoms with Crippen LogP contribution in [-0.4, -0.2) is 30.9 Å². The summed E-state index contributed by atoms with van der Waals surface area (Å²) in [4.78, 5) is 11.6. The minimum Gasteiger partial charge on any atom is -0.495 e. The molecule has 1 aromatic rings. The molecule has 0 heterocycles. The van der Waals surface area contributed by atoms with Crippen LogP contribution >= 0.6 is 0 Å². The molecule has 0 saturated heterocycles. The summed E-state index contributed by atoms with van der Waals surface area (Å²) >= 11 is 0. The van der Waals surface area contributed by atoms with E-state index in [1.807, 2.05) is 6.92 Å². The van der Waals surface area contributed by atoms with Crippen molar-refractivity contribution in [3.63, 3.8) is 0 Å². The Bertz CT molecular complexity index is 426. The molecule has 1 rings (SSSR count). The number of amides is 2. The van der Waals surface area contributed by atoms with E-state index >= 15 is 0 Å². The molecule has 3 N–H and O–H groups in total.